The first-order chi connectivity index (χ1) is 8.90. The van der Waals surface area contributed by atoms with Gasteiger partial charge < -0.3 is 20.4 Å². The molecular formula is C14H13FO4. The molecule has 0 radical (unpaired) electrons. The molecule has 0 unspecified atom stereocenters. The van der Waals surface area contributed by atoms with Crippen LogP contribution < -0.4 is 0 Å². The van der Waals surface area contributed by atoms with E-state index >= 15 is 0 Å². The van der Waals surface area contributed by atoms with Crippen molar-refractivity contribution in [3.63, 3.8) is 0 Å². The summed E-state index contributed by atoms with van der Waals surface area (Å²) in [6.07, 6.45) is 0.169. The number of phenolic OH excluding ortho intramolecular Hbond substituents is 4. The average Bonchev–Trinajstić information content (AvgIpc) is 2.36. The van der Waals surface area contributed by atoms with E-state index in [-0.39, 0.29) is 6.42 Å². The number of aromatic hydroxyl groups is 4. The van der Waals surface area contributed by atoms with Gasteiger partial charge in [-0.25, -0.2) is 4.39 Å². The SMILES string of the molecule is Cc1cc(O)c(F)cc1Cc1ccc(O)c(O)c1O. The predicted molar refractivity (Wildman–Crippen MR) is 67.0 cm³/mol. The molecule has 0 aliphatic carbocycles. The standard InChI is InChI=1S/C14H13FO4/c1-7-4-12(17)10(15)6-9(7)5-8-2-3-11(16)14(19)13(8)18/h2-4,6,16-19H,5H2,1H3. The van der Waals surface area contributed by atoms with Gasteiger partial charge in [0.25, 0.3) is 0 Å². The third-order valence-electron chi connectivity index (χ3n) is 3.00. The Morgan fingerprint density at radius 3 is 2.26 bits per heavy atom. The second kappa shape index (κ2) is 4.68. The number of rotatable bonds is 2. The van der Waals surface area contributed by atoms with Gasteiger partial charge in [-0.15, -0.1) is 0 Å². The van der Waals surface area contributed by atoms with Crippen molar-refractivity contribution in [3.8, 4) is 23.0 Å². The Balaban J connectivity index is 2.42. The Morgan fingerprint density at radius 1 is 0.895 bits per heavy atom. The minimum atomic E-state index is -0.747. The van der Waals surface area contributed by atoms with E-state index in [9.17, 15) is 24.8 Å². The van der Waals surface area contributed by atoms with Gasteiger partial charge in [0.2, 0.25) is 5.75 Å². The Kier molecular flexibility index (Phi) is 3.21. The van der Waals surface area contributed by atoms with E-state index in [4.69, 9.17) is 0 Å². The number of hydrogen-bond acceptors (Lipinski definition) is 4. The lowest BCUT2D eigenvalue weighted by atomic mass is 9.99. The van der Waals surface area contributed by atoms with Gasteiger partial charge in [0, 0.05) is 12.0 Å². The largest absolute Gasteiger partial charge is 0.505 e. The van der Waals surface area contributed by atoms with Gasteiger partial charge in [0.1, 0.15) is 0 Å². The van der Waals surface area contributed by atoms with Crippen LogP contribution in [0.25, 0.3) is 0 Å². The summed E-state index contributed by atoms with van der Waals surface area (Å²) in [5.74, 6) is -2.64. The molecule has 0 heterocycles. The molecule has 0 spiro atoms. The van der Waals surface area contributed by atoms with Crippen molar-refractivity contribution in [2.24, 2.45) is 0 Å². The lowest BCUT2D eigenvalue weighted by molar-refractivity contribution is 0.365. The van der Waals surface area contributed by atoms with Crippen molar-refractivity contribution in [2.75, 3.05) is 0 Å². The molecule has 4 N–H and O–H groups in total. The Bertz CT molecular complexity index is 638. The molecule has 0 aliphatic heterocycles. The summed E-state index contributed by atoms with van der Waals surface area (Å²) in [5.41, 5.74) is 1.57. The Morgan fingerprint density at radius 2 is 1.58 bits per heavy atom. The molecule has 0 amide bonds. The number of phenols is 4. The van der Waals surface area contributed by atoms with Crippen LogP contribution in [-0.2, 0) is 6.42 Å². The first-order valence-electron chi connectivity index (χ1n) is 5.61. The fourth-order valence-corrected chi connectivity index (χ4v) is 1.86. The molecule has 0 saturated heterocycles. The zero-order chi connectivity index (χ0) is 14.2. The molecule has 2 aromatic carbocycles. The van der Waals surface area contributed by atoms with Gasteiger partial charge in [-0.1, -0.05) is 6.07 Å². The van der Waals surface area contributed by atoms with Gasteiger partial charge in [-0.3, -0.25) is 0 Å². The molecule has 5 heteroatoms. The summed E-state index contributed by atoms with van der Waals surface area (Å²) in [6, 6.07) is 5.15. The molecule has 4 nitrogen and oxygen atoms in total. The maximum atomic E-state index is 13.3. The number of benzene rings is 2. The monoisotopic (exact) mass is 264 g/mol. The minimum Gasteiger partial charge on any atom is -0.505 e. The zero-order valence-electron chi connectivity index (χ0n) is 10.2. The molecule has 2 aromatic rings. The van der Waals surface area contributed by atoms with Crippen LogP contribution in [-0.4, -0.2) is 20.4 Å². The average molecular weight is 264 g/mol. The van der Waals surface area contributed by atoms with Crippen molar-refractivity contribution >= 4 is 0 Å². The van der Waals surface area contributed by atoms with E-state index in [0.717, 1.165) is 0 Å². The van der Waals surface area contributed by atoms with E-state index in [2.05, 4.69) is 0 Å². The minimum absolute atomic E-state index is 0.169. The maximum Gasteiger partial charge on any atom is 0.200 e. The summed E-state index contributed by atoms with van der Waals surface area (Å²) >= 11 is 0. The van der Waals surface area contributed by atoms with Crippen LogP contribution >= 0.6 is 0 Å². The highest BCUT2D eigenvalue weighted by atomic mass is 19.1. The summed E-state index contributed by atoms with van der Waals surface area (Å²) < 4.78 is 13.3. The van der Waals surface area contributed by atoms with Crippen LogP contribution in [0.2, 0.25) is 0 Å². The fraction of sp³-hybridized carbons (Fsp3) is 0.143. The molecule has 0 aromatic heterocycles. The Hall–Kier alpha value is -2.43. The summed E-state index contributed by atoms with van der Waals surface area (Å²) in [5, 5.41) is 37.6. The molecule has 0 aliphatic rings. The van der Waals surface area contributed by atoms with Gasteiger partial charge in [0.05, 0.1) is 0 Å². The number of halogens is 1. The van der Waals surface area contributed by atoms with Crippen LogP contribution in [0.1, 0.15) is 16.7 Å². The van der Waals surface area contributed by atoms with E-state index in [1.54, 1.807) is 6.92 Å². The van der Waals surface area contributed by atoms with Gasteiger partial charge in [0.15, 0.2) is 23.1 Å². The summed E-state index contributed by atoms with van der Waals surface area (Å²) in [4.78, 5) is 0. The Labute approximate surface area is 109 Å². The van der Waals surface area contributed by atoms with Crippen molar-refractivity contribution < 1.29 is 24.8 Å². The van der Waals surface area contributed by atoms with Gasteiger partial charge in [-0.2, -0.15) is 0 Å². The lowest BCUT2D eigenvalue weighted by Gasteiger charge is -2.10. The topological polar surface area (TPSA) is 80.9 Å². The fourth-order valence-electron chi connectivity index (χ4n) is 1.86. The molecule has 2 rings (SSSR count). The highest BCUT2D eigenvalue weighted by Gasteiger charge is 2.13. The highest BCUT2D eigenvalue weighted by Crippen LogP contribution is 2.38. The van der Waals surface area contributed by atoms with Crippen LogP contribution in [0.5, 0.6) is 23.0 Å². The molecule has 19 heavy (non-hydrogen) atoms. The van der Waals surface area contributed by atoms with Crippen molar-refractivity contribution in [1.29, 1.82) is 0 Å². The van der Waals surface area contributed by atoms with E-state index in [1.165, 1.54) is 24.3 Å². The third-order valence-corrected chi connectivity index (χ3v) is 3.00. The number of aryl methyl sites for hydroxylation is 1. The molecule has 0 atom stereocenters. The normalized spacial score (nSPS) is 10.6. The summed E-state index contributed by atoms with van der Waals surface area (Å²) in [7, 11) is 0. The van der Waals surface area contributed by atoms with Crippen LogP contribution in [0.4, 0.5) is 4.39 Å². The smallest absolute Gasteiger partial charge is 0.200 e. The highest BCUT2D eigenvalue weighted by molar-refractivity contribution is 5.54. The molecule has 0 bridgehead atoms. The predicted octanol–water partition coefficient (Wildman–Crippen LogP) is 2.55. The first kappa shape index (κ1) is 13.0. The van der Waals surface area contributed by atoms with Crippen molar-refractivity contribution in [2.45, 2.75) is 13.3 Å². The lowest BCUT2D eigenvalue weighted by Crippen LogP contribution is -1.94. The second-order valence-corrected chi connectivity index (χ2v) is 4.35. The number of hydrogen-bond donors (Lipinski definition) is 4. The quantitative estimate of drug-likeness (QED) is 0.628. The van der Waals surface area contributed by atoms with Crippen LogP contribution in [0.3, 0.4) is 0 Å². The van der Waals surface area contributed by atoms with Crippen LogP contribution in [0.15, 0.2) is 24.3 Å². The van der Waals surface area contributed by atoms with E-state index in [0.29, 0.717) is 16.7 Å². The van der Waals surface area contributed by atoms with E-state index < -0.39 is 28.8 Å². The molecule has 0 saturated carbocycles. The molecule has 100 valence electrons. The van der Waals surface area contributed by atoms with Gasteiger partial charge >= 0.3 is 0 Å². The maximum absolute atomic E-state index is 13.3. The molecule has 0 fully saturated rings. The first-order valence-corrected chi connectivity index (χ1v) is 5.61. The van der Waals surface area contributed by atoms with Crippen molar-refractivity contribution in [3.05, 3.63) is 46.8 Å². The van der Waals surface area contributed by atoms with Crippen LogP contribution in [0, 0.1) is 12.7 Å². The van der Waals surface area contributed by atoms with Gasteiger partial charge in [-0.05, 0) is 36.2 Å². The summed E-state index contributed by atoms with van der Waals surface area (Å²) in [6.45, 7) is 1.70. The van der Waals surface area contributed by atoms with E-state index in [1.807, 2.05) is 0 Å². The molecular weight excluding hydrogens is 251 g/mol. The zero-order valence-corrected chi connectivity index (χ0v) is 10.2. The second-order valence-electron chi connectivity index (χ2n) is 4.35. The van der Waals surface area contributed by atoms with Crippen molar-refractivity contribution in [1.82, 2.24) is 0 Å². The third kappa shape index (κ3) is 2.40.